The number of para-hydroxylation sites is 4. The van der Waals surface area contributed by atoms with E-state index in [0.717, 1.165) is 38.9 Å². The van der Waals surface area contributed by atoms with Crippen molar-refractivity contribution in [3.05, 3.63) is 102 Å². The zero-order chi connectivity index (χ0) is 20.1. The smallest absolute Gasteiger partial charge is 0.223 e. The van der Waals surface area contributed by atoms with Crippen LogP contribution in [0.3, 0.4) is 0 Å². The van der Waals surface area contributed by atoms with Crippen molar-refractivity contribution in [3.63, 3.8) is 0 Å². The summed E-state index contributed by atoms with van der Waals surface area (Å²) in [6.45, 7) is 0. The average molecular weight is 406 g/mol. The molecule has 2 heterocycles. The van der Waals surface area contributed by atoms with Gasteiger partial charge in [0.1, 0.15) is 0 Å². The quantitative estimate of drug-likeness (QED) is 0.289. The SMILES string of the molecule is Clc1nc(-c2cccc3c4ccccc4n(-c4ccccc4)c23)c2ccccc2n1. The van der Waals surface area contributed by atoms with Crippen LogP contribution in [0.25, 0.3) is 49.7 Å². The fourth-order valence-corrected chi connectivity index (χ4v) is 4.48. The molecule has 4 aromatic carbocycles. The van der Waals surface area contributed by atoms with Crippen molar-refractivity contribution in [1.29, 1.82) is 0 Å². The lowest BCUT2D eigenvalue weighted by Crippen LogP contribution is -1.97. The van der Waals surface area contributed by atoms with E-state index in [2.05, 4.69) is 87.3 Å². The summed E-state index contributed by atoms with van der Waals surface area (Å²) in [5.74, 6) is 0. The molecular formula is C26H16ClN3. The Labute approximate surface area is 178 Å². The summed E-state index contributed by atoms with van der Waals surface area (Å²) >= 11 is 6.33. The third-order valence-electron chi connectivity index (χ3n) is 5.54. The molecule has 0 bridgehead atoms. The van der Waals surface area contributed by atoms with Gasteiger partial charge in [-0.05, 0) is 35.9 Å². The fourth-order valence-electron chi connectivity index (χ4n) is 4.31. The number of benzene rings is 4. The second-order valence-electron chi connectivity index (χ2n) is 7.25. The molecule has 30 heavy (non-hydrogen) atoms. The molecule has 0 aliphatic rings. The first-order valence-corrected chi connectivity index (χ1v) is 10.2. The largest absolute Gasteiger partial charge is 0.309 e. The van der Waals surface area contributed by atoms with Gasteiger partial charge in [0.15, 0.2) is 0 Å². The Bertz CT molecular complexity index is 1550. The summed E-state index contributed by atoms with van der Waals surface area (Å²) in [7, 11) is 0. The van der Waals surface area contributed by atoms with Gasteiger partial charge in [0.05, 0.1) is 22.2 Å². The van der Waals surface area contributed by atoms with Gasteiger partial charge in [0, 0.05) is 27.4 Å². The number of fused-ring (bicyclic) bond motifs is 4. The van der Waals surface area contributed by atoms with E-state index in [4.69, 9.17) is 11.6 Å². The van der Waals surface area contributed by atoms with E-state index < -0.39 is 0 Å². The van der Waals surface area contributed by atoms with Crippen LogP contribution < -0.4 is 0 Å². The number of hydrogen-bond acceptors (Lipinski definition) is 2. The van der Waals surface area contributed by atoms with E-state index in [9.17, 15) is 0 Å². The van der Waals surface area contributed by atoms with Crippen LogP contribution in [-0.2, 0) is 0 Å². The van der Waals surface area contributed by atoms with Crippen LogP contribution in [0.5, 0.6) is 0 Å². The standard InChI is InChI=1S/C26H16ClN3/c27-26-28-22-15-6-4-12-20(22)24(29-26)21-14-8-13-19-18-11-5-7-16-23(18)30(25(19)21)17-9-2-1-3-10-17/h1-16H. The molecule has 0 N–H and O–H groups in total. The minimum Gasteiger partial charge on any atom is -0.309 e. The minimum absolute atomic E-state index is 0.253. The molecule has 0 fully saturated rings. The summed E-state index contributed by atoms with van der Waals surface area (Å²) in [5, 5.41) is 3.63. The van der Waals surface area contributed by atoms with Gasteiger partial charge in [-0.15, -0.1) is 0 Å². The molecule has 0 aliphatic carbocycles. The van der Waals surface area contributed by atoms with Crippen molar-refractivity contribution in [3.8, 4) is 16.9 Å². The molecule has 6 rings (SSSR count). The van der Waals surface area contributed by atoms with E-state index >= 15 is 0 Å². The molecule has 0 aliphatic heterocycles. The van der Waals surface area contributed by atoms with Crippen molar-refractivity contribution in [2.75, 3.05) is 0 Å². The van der Waals surface area contributed by atoms with Crippen molar-refractivity contribution < 1.29 is 0 Å². The number of hydrogen-bond donors (Lipinski definition) is 0. The highest BCUT2D eigenvalue weighted by atomic mass is 35.5. The van der Waals surface area contributed by atoms with Gasteiger partial charge in [-0.2, -0.15) is 0 Å². The van der Waals surface area contributed by atoms with Gasteiger partial charge in [-0.25, -0.2) is 9.97 Å². The highest BCUT2D eigenvalue weighted by Crippen LogP contribution is 2.39. The Morgan fingerprint density at radius 3 is 2.17 bits per heavy atom. The Balaban J connectivity index is 1.83. The van der Waals surface area contributed by atoms with Crippen molar-refractivity contribution >= 4 is 44.3 Å². The normalized spacial score (nSPS) is 11.5. The van der Waals surface area contributed by atoms with Crippen molar-refractivity contribution in [2.45, 2.75) is 0 Å². The molecule has 0 spiro atoms. The molecule has 0 amide bonds. The molecule has 4 heteroatoms. The lowest BCUT2D eigenvalue weighted by Gasteiger charge is -2.12. The lowest BCUT2D eigenvalue weighted by atomic mass is 10.0. The zero-order valence-corrected chi connectivity index (χ0v) is 16.7. The van der Waals surface area contributed by atoms with Gasteiger partial charge in [0.25, 0.3) is 0 Å². The third kappa shape index (κ3) is 2.53. The predicted octanol–water partition coefficient (Wildman–Crippen LogP) is 7.05. The van der Waals surface area contributed by atoms with Crippen molar-refractivity contribution in [2.24, 2.45) is 0 Å². The summed E-state index contributed by atoms with van der Waals surface area (Å²) < 4.78 is 2.31. The summed E-state index contributed by atoms with van der Waals surface area (Å²) in [5.41, 5.74) is 6.11. The van der Waals surface area contributed by atoms with Crippen LogP contribution in [0.15, 0.2) is 97.1 Å². The van der Waals surface area contributed by atoms with E-state index in [1.807, 2.05) is 24.3 Å². The number of nitrogens with zero attached hydrogens (tertiary/aromatic N) is 3. The summed E-state index contributed by atoms with van der Waals surface area (Å²) in [6, 6.07) is 33.3. The average Bonchev–Trinajstić information content (AvgIpc) is 3.14. The van der Waals surface area contributed by atoms with Crippen LogP contribution in [0.2, 0.25) is 5.28 Å². The minimum atomic E-state index is 0.253. The summed E-state index contributed by atoms with van der Waals surface area (Å²) in [6.07, 6.45) is 0. The Kier molecular flexibility index (Phi) is 3.83. The van der Waals surface area contributed by atoms with E-state index in [1.54, 1.807) is 0 Å². The van der Waals surface area contributed by atoms with E-state index in [1.165, 1.54) is 10.8 Å². The molecule has 0 saturated carbocycles. The van der Waals surface area contributed by atoms with Crippen LogP contribution in [0, 0.1) is 0 Å². The molecule has 2 aromatic heterocycles. The lowest BCUT2D eigenvalue weighted by molar-refractivity contribution is 1.17. The first-order valence-electron chi connectivity index (χ1n) is 9.81. The fraction of sp³-hybridized carbons (Fsp3) is 0. The molecule has 0 atom stereocenters. The number of rotatable bonds is 2. The molecule has 0 saturated heterocycles. The Morgan fingerprint density at radius 1 is 0.600 bits per heavy atom. The third-order valence-corrected chi connectivity index (χ3v) is 5.71. The zero-order valence-electron chi connectivity index (χ0n) is 16.0. The molecule has 0 unspecified atom stereocenters. The maximum absolute atomic E-state index is 6.33. The maximum atomic E-state index is 6.33. The van der Waals surface area contributed by atoms with Gasteiger partial charge < -0.3 is 4.57 Å². The topological polar surface area (TPSA) is 30.7 Å². The molecule has 3 nitrogen and oxygen atoms in total. The van der Waals surface area contributed by atoms with Crippen LogP contribution in [0.1, 0.15) is 0 Å². The van der Waals surface area contributed by atoms with Gasteiger partial charge in [-0.3, -0.25) is 0 Å². The molecule has 6 aromatic rings. The van der Waals surface area contributed by atoms with Gasteiger partial charge >= 0.3 is 0 Å². The first-order chi connectivity index (χ1) is 14.8. The highest BCUT2D eigenvalue weighted by Gasteiger charge is 2.18. The molecular weight excluding hydrogens is 390 g/mol. The predicted molar refractivity (Wildman–Crippen MR) is 124 cm³/mol. The highest BCUT2D eigenvalue weighted by molar-refractivity contribution is 6.29. The van der Waals surface area contributed by atoms with Gasteiger partial charge in [-0.1, -0.05) is 72.8 Å². The van der Waals surface area contributed by atoms with E-state index in [0.29, 0.717) is 0 Å². The second kappa shape index (κ2) is 6.68. The Morgan fingerprint density at radius 2 is 1.30 bits per heavy atom. The van der Waals surface area contributed by atoms with Gasteiger partial charge in [0.2, 0.25) is 5.28 Å². The first kappa shape index (κ1) is 17.2. The van der Waals surface area contributed by atoms with Crippen molar-refractivity contribution in [1.82, 2.24) is 14.5 Å². The number of aromatic nitrogens is 3. The van der Waals surface area contributed by atoms with E-state index in [-0.39, 0.29) is 5.28 Å². The molecule has 142 valence electrons. The number of halogens is 1. The second-order valence-corrected chi connectivity index (χ2v) is 7.59. The monoisotopic (exact) mass is 405 g/mol. The van der Waals surface area contributed by atoms with Crippen LogP contribution >= 0.6 is 11.6 Å². The van der Waals surface area contributed by atoms with Crippen LogP contribution in [0.4, 0.5) is 0 Å². The molecule has 0 radical (unpaired) electrons. The van der Waals surface area contributed by atoms with Crippen LogP contribution in [-0.4, -0.2) is 14.5 Å². The maximum Gasteiger partial charge on any atom is 0.223 e. The summed E-state index contributed by atoms with van der Waals surface area (Å²) in [4.78, 5) is 9.08. The Hall–Kier alpha value is -3.69.